The molecule has 4 rings (SSSR count). The largest absolute Gasteiger partial charge is 0.508 e. The van der Waals surface area contributed by atoms with Gasteiger partial charge < -0.3 is 25.6 Å². The average Bonchev–Trinajstić information content (AvgIpc) is 3.20. The van der Waals surface area contributed by atoms with Gasteiger partial charge in [-0.3, -0.25) is 4.79 Å². The first kappa shape index (κ1) is 21.4. The number of aliphatic hydroxyl groups is 1. The van der Waals surface area contributed by atoms with Gasteiger partial charge in [-0.25, -0.2) is 4.68 Å². The van der Waals surface area contributed by atoms with Crippen LogP contribution < -0.4 is 15.4 Å². The van der Waals surface area contributed by atoms with Gasteiger partial charge in [-0.1, -0.05) is 24.3 Å². The van der Waals surface area contributed by atoms with Gasteiger partial charge in [-0.2, -0.15) is 10.1 Å². The number of nitrogens with one attached hydrogen (secondary N) is 2. The molecule has 166 valence electrons. The molecule has 2 aromatic carbocycles. The number of phenolic OH excluding ortho intramolecular Hbond substituents is 1. The summed E-state index contributed by atoms with van der Waals surface area (Å²) in [5, 5.41) is 29.6. The molecule has 3 aromatic rings. The predicted molar refractivity (Wildman–Crippen MR) is 120 cm³/mol. The van der Waals surface area contributed by atoms with Crippen LogP contribution in [0.5, 0.6) is 11.5 Å². The Morgan fingerprint density at radius 2 is 1.97 bits per heavy atom. The van der Waals surface area contributed by atoms with E-state index in [1.165, 1.54) is 0 Å². The Morgan fingerprint density at radius 1 is 1.22 bits per heavy atom. The van der Waals surface area contributed by atoms with Gasteiger partial charge in [0.2, 0.25) is 5.95 Å². The van der Waals surface area contributed by atoms with Gasteiger partial charge in [0.05, 0.1) is 18.4 Å². The van der Waals surface area contributed by atoms with E-state index in [-0.39, 0.29) is 18.3 Å². The standard InChI is InChI=1S/C23H25N5O4/c1-14-20(22(31)25-17-6-3-4-7-18(17)32-2)21(15-9-11-16(30)12-10-15)28-23(24-14)26-19(27-28)8-5-13-29/h3-4,6-7,9-12,21,29-30H,5,8,13H2,1-2H3,(H,25,31)(H,24,26,27). The SMILES string of the molecule is COc1ccccc1NC(=O)C1=C(C)Nc2nc(CCCO)nn2C1c1ccc(O)cc1. The number of para-hydroxylation sites is 2. The number of amides is 1. The lowest BCUT2D eigenvalue weighted by Gasteiger charge is -2.28. The van der Waals surface area contributed by atoms with Gasteiger partial charge in [0.15, 0.2) is 5.82 Å². The molecule has 0 saturated carbocycles. The van der Waals surface area contributed by atoms with E-state index in [4.69, 9.17) is 9.84 Å². The zero-order chi connectivity index (χ0) is 22.7. The number of aryl methyl sites for hydroxylation is 1. The van der Waals surface area contributed by atoms with Crippen molar-refractivity contribution < 1.29 is 19.7 Å². The van der Waals surface area contributed by atoms with E-state index in [0.717, 1.165) is 5.56 Å². The van der Waals surface area contributed by atoms with Crippen molar-refractivity contribution in [3.8, 4) is 11.5 Å². The lowest BCUT2D eigenvalue weighted by Crippen LogP contribution is -2.31. The maximum Gasteiger partial charge on any atom is 0.255 e. The molecule has 1 atom stereocenters. The molecule has 0 fully saturated rings. The number of aromatic hydroxyl groups is 1. The summed E-state index contributed by atoms with van der Waals surface area (Å²) >= 11 is 0. The molecular formula is C23H25N5O4. The zero-order valence-electron chi connectivity index (χ0n) is 17.9. The number of phenols is 1. The van der Waals surface area contributed by atoms with Crippen molar-refractivity contribution in [3.05, 3.63) is 71.2 Å². The summed E-state index contributed by atoms with van der Waals surface area (Å²) in [6, 6.07) is 13.3. The number of ether oxygens (including phenoxy) is 1. The monoisotopic (exact) mass is 435 g/mol. The summed E-state index contributed by atoms with van der Waals surface area (Å²) in [6.45, 7) is 1.86. The van der Waals surface area contributed by atoms with Gasteiger partial charge >= 0.3 is 0 Å². The fourth-order valence-electron chi connectivity index (χ4n) is 3.73. The lowest BCUT2D eigenvalue weighted by molar-refractivity contribution is -0.113. The summed E-state index contributed by atoms with van der Waals surface area (Å²) in [7, 11) is 1.55. The third kappa shape index (κ3) is 4.15. The number of carbonyl (C=O) groups excluding carboxylic acids is 1. The number of aliphatic hydroxyl groups excluding tert-OH is 1. The maximum absolute atomic E-state index is 13.5. The summed E-state index contributed by atoms with van der Waals surface area (Å²) in [5.74, 6) is 1.46. The zero-order valence-corrected chi connectivity index (χ0v) is 17.9. The molecule has 9 nitrogen and oxygen atoms in total. The number of benzene rings is 2. The number of allylic oxidation sites excluding steroid dienone is 1. The predicted octanol–water partition coefficient (Wildman–Crippen LogP) is 2.84. The van der Waals surface area contributed by atoms with Crippen molar-refractivity contribution in [3.63, 3.8) is 0 Å². The lowest BCUT2D eigenvalue weighted by atomic mass is 9.95. The van der Waals surface area contributed by atoms with Crippen molar-refractivity contribution in [1.29, 1.82) is 0 Å². The summed E-state index contributed by atoms with van der Waals surface area (Å²) in [4.78, 5) is 18.0. The van der Waals surface area contributed by atoms with E-state index in [1.54, 1.807) is 48.2 Å². The molecule has 1 aliphatic rings. The van der Waals surface area contributed by atoms with Crippen LogP contribution in [0.4, 0.5) is 11.6 Å². The van der Waals surface area contributed by atoms with Gasteiger partial charge in [-0.05, 0) is 43.2 Å². The normalized spacial score (nSPS) is 15.2. The van der Waals surface area contributed by atoms with Crippen LogP contribution in [0.25, 0.3) is 0 Å². The number of fused-ring (bicyclic) bond motifs is 1. The number of aromatic nitrogens is 3. The van der Waals surface area contributed by atoms with Crippen LogP contribution in [-0.2, 0) is 11.2 Å². The highest BCUT2D eigenvalue weighted by Gasteiger charge is 2.34. The first-order valence-corrected chi connectivity index (χ1v) is 10.3. The molecule has 0 radical (unpaired) electrons. The molecule has 4 N–H and O–H groups in total. The molecule has 32 heavy (non-hydrogen) atoms. The van der Waals surface area contributed by atoms with Gasteiger partial charge in [-0.15, -0.1) is 0 Å². The number of nitrogens with zero attached hydrogens (tertiary/aromatic N) is 3. The van der Waals surface area contributed by atoms with E-state index in [2.05, 4.69) is 20.7 Å². The van der Waals surface area contributed by atoms with Crippen LogP contribution >= 0.6 is 0 Å². The minimum Gasteiger partial charge on any atom is -0.508 e. The molecule has 1 aromatic heterocycles. The second-order valence-electron chi connectivity index (χ2n) is 7.44. The molecule has 0 saturated heterocycles. The molecule has 0 bridgehead atoms. The third-order valence-corrected chi connectivity index (χ3v) is 5.26. The molecule has 0 spiro atoms. The summed E-state index contributed by atoms with van der Waals surface area (Å²) in [5.41, 5.74) is 2.43. The summed E-state index contributed by atoms with van der Waals surface area (Å²) in [6.07, 6.45) is 1.06. The van der Waals surface area contributed by atoms with E-state index in [9.17, 15) is 9.90 Å². The van der Waals surface area contributed by atoms with Crippen molar-refractivity contribution in [1.82, 2.24) is 14.8 Å². The number of anilines is 2. The van der Waals surface area contributed by atoms with Crippen molar-refractivity contribution in [2.45, 2.75) is 25.8 Å². The number of methoxy groups -OCH3 is 1. The number of carbonyl (C=O) groups is 1. The Bertz CT molecular complexity index is 1150. The third-order valence-electron chi connectivity index (χ3n) is 5.26. The van der Waals surface area contributed by atoms with E-state index in [0.29, 0.717) is 47.3 Å². The van der Waals surface area contributed by atoms with Crippen LogP contribution in [0.2, 0.25) is 0 Å². The average molecular weight is 435 g/mol. The highest BCUT2D eigenvalue weighted by molar-refractivity contribution is 6.06. The van der Waals surface area contributed by atoms with Crippen molar-refractivity contribution in [2.75, 3.05) is 24.4 Å². The Kier molecular flexibility index (Phi) is 6.09. The number of hydrogen-bond donors (Lipinski definition) is 4. The number of rotatable bonds is 7. The van der Waals surface area contributed by atoms with Crippen molar-refractivity contribution >= 4 is 17.5 Å². The molecule has 1 aliphatic heterocycles. The fraction of sp³-hybridized carbons (Fsp3) is 0.261. The molecule has 1 unspecified atom stereocenters. The van der Waals surface area contributed by atoms with Gasteiger partial charge in [0, 0.05) is 18.7 Å². The first-order chi connectivity index (χ1) is 15.5. The highest BCUT2D eigenvalue weighted by atomic mass is 16.5. The second-order valence-corrected chi connectivity index (χ2v) is 7.44. The topological polar surface area (TPSA) is 122 Å². The minimum absolute atomic E-state index is 0.0442. The van der Waals surface area contributed by atoms with E-state index < -0.39 is 6.04 Å². The maximum atomic E-state index is 13.5. The van der Waals surface area contributed by atoms with Gasteiger partial charge in [0.1, 0.15) is 17.5 Å². The minimum atomic E-state index is -0.558. The molecule has 9 heteroatoms. The quantitative estimate of drug-likeness (QED) is 0.450. The molecular weight excluding hydrogens is 410 g/mol. The number of hydrogen-bond acceptors (Lipinski definition) is 7. The molecule has 2 heterocycles. The smallest absolute Gasteiger partial charge is 0.255 e. The van der Waals surface area contributed by atoms with Crippen LogP contribution in [0, 0.1) is 0 Å². The Labute approximate surface area is 185 Å². The Balaban J connectivity index is 1.76. The highest BCUT2D eigenvalue weighted by Crippen LogP contribution is 2.37. The Hall–Kier alpha value is -3.85. The fourth-order valence-corrected chi connectivity index (χ4v) is 3.73. The summed E-state index contributed by atoms with van der Waals surface area (Å²) < 4.78 is 7.03. The van der Waals surface area contributed by atoms with Crippen LogP contribution in [-0.4, -0.2) is 44.6 Å². The van der Waals surface area contributed by atoms with E-state index in [1.807, 2.05) is 19.1 Å². The van der Waals surface area contributed by atoms with Gasteiger partial charge in [0.25, 0.3) is 5.91 Å². The second kappa shape index (κ2) is 9.11. The van der Waals surface area contributed by atoms with Crippen molar-refractivity contribution in [2.24, 2.45) is 0 Å². The van der Waals surface area contributed by atoms with Crippen LogP contribution in [0.3, 0.4) is 0 Å². The van der Waals surface area contributed by atoms with Crippen LogP contribution in [0.15, 0.2) is 59.8 Å². The van der Waals surface area contributed by atoms with E-state index >= 15 is 0 Å². The Morgan fingerprint density at radius 3 is 2.69 bits per heavy atom. The molecule has 1 amide bonds. The first-order valence-electron chi connectivity index (χ1n) is 10.3. The molecule has 0 aliphatic carbocycles. The van der Waals surface area contributed by atoms with Crippen LogP contribution in [0.1, 0.15) is 30.8 Å².